The number of carbonyl (C=O) groups is 2. The Balaban J connectivity index is 1.87. The number of fused-ring (bicyclic) bond motifs is 5. The summed E-state index contributed by atoms with van der Waals surface area (Å²) in [6, 6.07) is 0. The number of carbonyl (C=O) groups excluding carboxylic acids is 2. The van der Waals surface area contributed by atoms with Gasteiger partial charge in [0.25, 0.3) is 0 Å². The normalized spacial score (nSPS) is 53.7. The molecule has 0 aromatic carbocycles. The Morgan fingerprint density at radius 3 is 2.59 bits per heavy atom. The number of hydrogen-bond donors (Lipinski definition) is 1. The van der Waals surface area contributed by atoms with Gasteiger partial charge in [-0.15, -0.1) is 34.8 Å². The van der Waals surface area contributed by atoms with Crippen molar-refractivity contribution in [3.63, 3.8) is 0 Å². The molecule has 0 radical (unpaired) electrons. The summed E-state index contributed by atoms with van der Waals surface area (Å²) in [4.78, 5) is 23.7. The number of allylic oxidation sites excluding steroid dienone is 4. The van der Waals surface area contributed by atoms with Crippen molar-refractivity contribution >= 4 is 46.4 Å². The fourth-order valence-corrected chi connectivity index (χ4v) is 8.57. The average Bonchev–Trinajstić information content (AvgIpc) is 2.86. The third-order valence-corrected chi connectivity index (χ3v) is 10.5. The number of rotatable bonds is 2. The van der Waals surface area contributed by atoms with Crippen molar-refractivity contribution in [3.05, 3.63) is 23.8 Å². The van der Waals surface area contributed by atoms with Crippen LogP contribution < -0.4 is 0 Å². The van der Waals surface area contributed by atoms with Gasteiger partial charge in [-0.2, -0.15) is 0 Å². The zero-order chi connectivity index (χ0) is 21.6. The molecule has 160 valence electrons. The van der Waals surface area contributed by atoms with Gasteiger partial charge in [0.1, 0.15) is 11.8 Å². The van der Waals surface area contributed by atoms with Gasteiger partial charge in [-0.05, 0) is 54.7 Å². The van der Waals surface area contributed by atoms with Crippen molar-refractivity contribution in [2.45, 2.75) is 62.1 Å². The van der Waals surface area contributed by atoms with E-state index in [0.717, 1.165) is 0 Å². The van der Waals surface area contributed by atoms with Crippen LogP contribution in [0.25, 0.3) is 0 Å². The monoisotopic (exact) mass is 462 g/mol. The van der Waals surface area contributed by atoms with Gasteiger partial charge in [0.15, 0.2) is 11.6 Å². The quantitative estimate of drug-likeness (QED) is 0.609. The third-order valence-electron chi connectivity index (χ3n) is 8.71. The van der Waals surface area contributed by atoms with Gasteiger partial charge in [-0.1, -0.05) is 26.8 Å². The molecule has 4 aliphatic carbocycles. The maximum atomic E-state index is 15.4. The van der Waals surface area contributed by atoms with Crippen LogP contribution in [0.3, 0.4) is 0 Å². The van der Waals surface area contributed by atoms with Gasteiger partial charge in [0.2, 0.25) is 0 Å². The first-order chi connectivity index (χ1) is 13.4. The molecule has 0 aromatic heterocycles. The second-order valence-electron chi connectivity index (χ2n) is 9.77. The van der Waals surface area contributed by atoms with Gasteiger partial charge >= 0.3 is 0 Å². The van der Waals surface area contributed by atoms with Gasteiger partial charge in [0, 0.05) is 10.8 Å². The van der Waals surface area contributed by atoms with E-state index in [-0.39, 0.29) is 35.8 Å². The number of halogens is 4. The lowest BCUT2D eigenvalue weighted by Crippen LogP contribution is -2.69. The van der Waals surface area contributed by atoms with Crippen molar-refractivity contribution < 1.29 is 19.1 Å². The molecule has 0 aliphatic heterocycles. The van der Waals surface area contributed by atoms with Crippen molar-refractivity contribution in [1.29, 1.82) is 0 Å². The second kappa shape index (κ2) is 6.54. The summed E-state index contributed by atoms with van der Waals surface area (Å²) in [6.45, 7) is 5.56. The molecular formula is C22H26Cl3FO3. The smallest absolute Gasteiger partial charge is 0.179 e. The summed E-state index contributed by atoms with van der Waals surface area (Å²) < 4.78 is 15.4. The SMILES string of the molecule is CC1C[C@H]2[C@@H]3CC(F)C4=CC(=O)C=C[C@]4(C)[C@@]3(Cl)C(Cl)C[C@]2(C)[C@@]1(O)C(=O)CCl. The van der Waals surface area contributed by atoms with Crippen LogP contribution in [-0.4, -0.2) is 44.6 Å². The minimum Gasteiger partial charge on any atom is -0.381 e. The van der Waals surface area contributed by atoms with Crippen LogP contribution in [-0.2, 0) is 9.59 Å². The lowest BCUT2D eigenvalue weighted by atomic mass is 9.46. The zero-order valence-corrected chi connectivity index (χ0v) is 19.0. The molecule has 3 saturated carbocycles. The fraction of sp³-hybridized carbons (Fsp3) is 0.727. The fourth-order valence-electron chi connectivity index (χ4n) is 7.17. The van der Waals surface area contributed by atoms with Crippen molar-refractivity contribution in [2.24, 2.45) is 28.6 Å². The first-order valence-corrected chi connectivity index (χ1v) is 11.5. The van der Waals surface area contributed by atoms with E-state index >= 15 is 4.39 Å². The maximum absolute atomic E-state index is 15.4. The molecule has 0 bridgehead atoms. The molecule has 1 N–H and O–H groups in total. The molecule has 0 aromatic rings. The Morgan fingerprint density at radius 1 is 1.31 bits per heavy atom. The highest BCUT2D eigenvalue weighted by Gasteiger charge is 2.75. The Hall–Kier alpha value is -0.420. The molecule has 0 spiro atoms. The first kappa shape index (κ1) is 21.8. The van der Waals surface area contributed by atoms with E-state index in [1.54, 1.807) is 6.08 Å². The van der Waals surface area contributed by atoms with E-state index < -0.39 is 38.6 Å². The molecule has 0 heterocycles. The van der Waals surface area contributed by atoms with E-state index in [4.69, 9.17) is 34.8 Å². The molecule has 3 nitrogen and oxygen atoms in total. The summed E-state index contributed by atoms with van der Waals surface area (Å²) in [5, 5.41) is 10.9. The average molecular weight is 464 g/mol. The molecule has 0 saturated heterocycles. The molecule has 3 fully saturated rings. The molecule has 29 heavy (non-hydrogen) atoms. The lowest BCUT2D eigenvalue weighted by molar-refractivity contribution is -0.163. The van der Waals surface area contributed by atoms with Crippen molar-refractivity contribution in [2.75, 3.05) is 5.88 Å². The van der Waals surface area contributed by atoms with E-state index in [2.05, 4.69) is 0 Å². The van der Waals surface area contributed by atoms with E-state index in [1.165, 1.54) is 12.2 Å². The number of Topliss-reactive ketones (excluding diaryl/α,β-unsaturated/α-hetero) is 1. The van der Waals surface area contributed by atoms with Gasteiger partial charge < -0.3 is 5.11 Å². The maximum Gasteiger partial charge on any atom is 0.179 e. The first-order valence-electron chi connectivity index (χ1n) is 10.1. The van der Waals surface area contributed by atoms with Crippen molar-refractivity contribution in [1.82, 2.24) is 0 Å². The molecule has 4 rings (SSSR count). The number of aliphatic hydroxyl groups is 1. The number of alkyl halides is 4. The Morgan fingerprint density at radius 2 is 1.97 bits per heavy atom. The summed E-state index contributed by atoms with van der Waals surface area (Å²) in [7, 11) is 0. The highest BCUT2D eigenvalue weighted by Crippen LogP contribution is 2.72. The number of hydrogen-bond acceptors (Lipinski definition) is 3. The Kier molecular flexibility index (Phi) is 4.92. The Bertz CT molecular complexity index is 843. The van der Waals surface area contributed by atoms with Gasteiger partial charge in [-0.25, -0.2) is 4.39 Å². The van der Waals surface area contributed by atoms with Gasteiger partial charge in [0.05, 0.1) is 16.1 Å². The molecule has 0 amide bonds. The lowest BCUT2D eigenvalue weighted by Gasteiger charge is -2.64. The van der Waals surface area contributed by atoms with Crippen LogP contribution in [0, 0.1) is 28.6 Å². The molecule has 9 atom stereocenters. The Labute approximate surface area is 185 Å². The zero-order valence-electron chi connectivity index (χ0n) is 16.7. The topological polar surface area (TPSA) is 54.4 Å². The van der Waals surface area contributed by atoms with E-state index in [9.17, 15) is 14.7 Å². The van der Waals surface area contributed by atoms with E-state index in [0.29, 0.717) is 18.4 Å². The third kappa shape index (κ3) is 2.41. The highest BCUT2D eigenvalue weighted by atomic mass is 35.5. The van der Waals surface area contributed by atoms with E-state index in [1.807, 2.05) is 20.8 Å². The minimum absolute atomic E-state index is 0.118. The largest absolute Gasteiger partial charge is 0.381 e. The van der Waals surface area contributed by atoms with Crippen LogP contribution in [0.15, 0.2) is 23.8 Å². The predicted molar refractivity (Wildman–Crippen MR) is 112 cm³/mol. The minimum atomic E-state index is -1.62. The summed E-state index contributed by atoms with van der Waals surface area (Å²) in [6.07, 6.45) is 4.13. The summed E-state index contributed by atoms with van der Waals surface area (Å²) in [5.74, 6) is -1.83. The number of ketones is 2. The summed E-state index contributed by atoms with van der Waals surface area (Å²) in [5.41, 5.74) is -3.01. The highest BCUT2D eigenvalue weighted by molar-refractivity contribution is 6.34. The molecule has 4 aliphatic rings. The summed E-state index contributed by atoms with van der Waals surface area (Å²) >= 11 is 20.1. The molecule has 3 unspecified atom stereocenters. The predicted octanol–water partition coefficient (Wildman–Crippen LogP) is 4.61. The standard InChI is InChI=1S/C22H26Cl3FO3/c1-11-6-13-14-8-16(26)15-7-12(27)4-5-19(15,2)21(14,25)17(24)9-20(13,3)22(11,29)18(28)10-23/h4-5,7,11,13-14,16-17,29H,6,8-10H2,1-3H3/t11?,13-,14-,16?,17?,19-,20-,21-,22-/m0/s1. The van der Waals surface area contributed by atoms with Crippen LogP contribution in [0.5, 0.6) is 0 Å². The van der Waals surface area contributed by atoms with Crippen LogP contribution in [0.2, 0.25) is 0 Å². The van der Waals surface area contributed by atoms with Gasteiger partial charge in [-0.3, -0.25) is 9.59 Å². The van der Waals surface area contributed by atoms with Crippen molar-refractivity contribution in [3.8, 4) is 0 Å². The molecule has 7 heteroatoms. The van der Waals surface area contributed by atoms with Crippen LogP contribution in [0.1, 0.15) is 40.0 Å². The second-order valence-corrected chi connectivity index (χ2v) is 11.2. The van der Waals surface area contributed by atoms with Crippen LogP contribution in [0.4, 0.5) is 4.39 Å². The molecular weight excluding hydrogens is 438 g/mol. The van der Waals surface area contributed by atoms with Crippen LogP contribution >= 0.6 is 34.8 Å².